The minimum absolute atomic E-state index is 0.0476. The van der Waals surface area contributed by atoms with E-state index in [0.717, 1.165) is 11.5 Å². The van der Waals surface area contributed by atoms with E-state index >= 15 is 0 Å². The highest BCUT2D eigenvalue weighted by molar-refractivity contribution is 5.39. The zero-order chi connectivity index (χ0) is 18.6. The molecule has 0 spiro atoms. The van der Waals surface area contributed by atoms with Gasteiger partial charge in [0.15, 0.2) is 5.60 Å². The molecule has 0 bridgehead atoms. The van der Waals surface area contributed by atoms with Gasteiger partial charge in [0.05, 0.1) is 12.2 Å². The maximum atomic E-state index is 11.2. The molecule has 0 radical (unpaired) electrons. The summed E-state index contributed by atoms with van der Waals surface area (Å²) in [5, 5.41) is 11.2. The lowest BCUT2D eigenvalue weighted by molar-refractivity contribution is 0.0373. The van der Waals surface area contributed by atoms with Gasteiger partial charge in [0.1, 0.15) is 11.5 Å². The molecule has 0 amide bonds. The third kappa shape index (κ3) is 4.46. The Morgan fingerprint density at radius 2 is 1.68 bits per heavy atom. The standard InChI is InChI=1S/C22H28O3/c1-7-22(23,18-8-10-19(11-9-18)24-15(2)3)21-13-12-20(14-17(21)6)25-16(4)5/h1,8-17,21,23H,2-6H3. The third-order valence-corrected chi connectivity index (χ3v) is 4.20. The van der Waals surface area contributed by atoms with Gasteiger partial charge in [-0.2, -0.15) is 0 Å². The summed E-state index contributed by atoms with van der Waals surface area (Å²) >= 11 is 0. The molecule has 3 unspecified atom stereocenters. The molecule has 0 saturated heterocycles. The fourth-order valence-corrected chi connectivity index (χ4v) is 3.09. The highest BCUT2D eigenvalue weighted by Gasteiger charge is 2.39. The van der Waals surface area contributed by atoms with Gasteiger partial charge in [-0.3, -0.25) is 0 Å². The van der Waals surface area contributed by atoms with Crippen LogP contribution in [-0.4, -0.2) is 17.3 Å². The summed E-state index contributed by atoms with van der Waals surface area (Å²) in [7, 11) is 0. The smallest absolute Gasteiger partial charge is 0.157 e. The summed E-state index contributed by atoms with van der Waals surface area (Å²) in [5.41, 5.74) is -0.694. The second kappa shape index (κ2) is 7.80. The molecule has 3 nitrogen and oxygen atoms in total. The second-order valence-electron chi connectivity index (χ2n) is 7.08. The number of ether oxygens (including phenoxy) is 2. The summed E-state index contributed by atoms with van der Waals surface area (Å²) in [6, 6.07) is 7.36. The van der Waals surface area contributed by atoms with E-state index in [0.29, 0.717) is 5.56 Å². The molecule has 1 N–H and O–H groups in total. The van der Waals surface area contributed by atoms with E-state index in [2.05, 4.69) is 5.92 Å². The quantitative estimate of drug-likeness (QED) is 0.779. The van der Waals surface area contributed by atoms with Crippen LogP contribution in [0.15, 0.2) is 48.3 Å². The third-order valence-electron chi connectivity index (χ3n) is 4.20. The van der Waals surface area contributed by atoms with Crippen molar-refractivity contribution in [3.05, 3.63) is 53.8 Å². The Labute approximate surface area is 151 Å². The SMILES string of the molecule is C#CC(O)(c1ccc(OC(C)C)cc1)C1C=CC(OC(C)C)=CC1C. The monoisotopic (exact) mass is 340 g/mol. The highest BCUT2D eigenvalue weighted by Crippen LogP contribution is 2.39. The molecule has 1 aliphatic rings. The van der Waals surface area contributed by atoms with Gasteiger partial charge in [-0.15, -0.1) is 6.42 Å². The van der Waals surface area contributed by atoms with Crippen LogP contribution in [-0.2, 0) is 10.3 Å². The van der Waals surface area contributed by atoms with Crippen molar-refractivity contribution in [2.24, 2.45) is 11.8 Å². The first-order valence-corrected chi connectivity index (χ1v) is 8.80. The Morgan fingerprint density at radius 1 is 1.08 bits per heavy atom. The summed E-state index contributed by atoms with van der Waals surface area (Å²) in [4.78, 5) is 0. The van der Waals surface area contributed by atoms with E-state index in [1.54, 1.807) is 0 Å². The van der Waals surface area contributed by atoms with Crippen LogP contribution in [0.1, 0.15) is 40.2 Å². The normalized spacial score (nSPS) is 22.3. The Kier molecular flexibility index (Phi) is 5.98. The van der Waals surface area contributed by atoms with Crippen molar-refractivity contribution in [2.75, 3.05) is 0 Å². The molecule has 1 aliphatic carbocycles. The van der Waals surface area contributed by atoms with Gasteiger partial charge >= 0.3 is 0 Å². The van der Waals surface area contributed by atoms with Crippen LogP contribution in [0.4, 0.5) is 0 Å². The lowest BCUT2D eigenvalue weighted by Gasteiger charge is -2.35. The van der Waals surface area contributed by atoms with Gasteiger partial charge in [0.2, 0.25) is 0 Å². The predicted molar refractivity (Wildman–Crippen MR) is 101 cm³/mol. The van der Waals surface area contributed by atoms with Gasteiger partial charge < -0.3 is 14.6 Å². The summed E-state index contributed by atoms with van der Waals surface area (Å²) in [6.45, 7) is 9.97. The van der Waals surface area contributed by atoms with E-state index in [4.69, 9.17) is 15.9 Å². The van der Waals surface area contributed by atoms with Crippen molar-refractivity contribution < 1.29 is 14.6 Å². The molecular formula is C22H28O3. The van der Waals surface area contributed by atoms with Crippen molar-refractivity contribution in [2.45, 2.75) is 52.4 Å². The van der Waals surface area contributed by atoms with Crippen molar-refractivity contribution in [3.8, 4) is 18.1 Å². The molecule has 1 aromatic carbocycles. The van der Waals surface area contributed by atoms with E-state index in [1.165, 1.54) is 0 Å². The van der Waals surface area contributed by atoms with Gasteiger partial charge in [0, 0.05) is 5.92 Å². The molecule has 0 heterocycles. The number of hydrogen-bond acceptors (Lipinski definition) is 3. The Morgan fingerprint density at radius 3 is 2.16 bits per heavy atom. The first kappa shape index (κ1) is 19.1. The lowest BCUT2D eigenvalue weighted by atomic mass is 9.73. The number of benzene rings is 1. The van der Waals surface area contributed by atoms with Crippen LogP contribution in [0.5, 0.6) is 5.75 Å². The molecule has 0 fully saturated rings. The van der Waals surface area contributed by atoms with Crippen molar-refractivity contribution in [1.29, 1.82) is 0 Å². The van der Waals surface area contributed by atoms with Crippen molar-refractivity contribution in [1.82, 2.24) is 0 Å². The van der Waals surface area contributed by atoms with E-state index in [1.807, 2.05) is 77.1 Å². The molecule has 3 atom stereocenters. The van der Waals surface area contributed by atoms with E-state index < -0.39 is 5.60 Å². The predicted octanol–water partition coefficient (Wildman–Crippen LogP) is 4.43. The van der Waals surface area contributed by atoms with Crippen LogP contribution < -0.4 is 4.74 Å². The number of aliphatic hydroxyl groups is 1. The Hall–Kier alpha value is -2.18. The van der Waals surface area contributed by atoms with Crippen LogP contribution in [0.3, 0.4) is 0 Å². The maximum absolute atomic E-state index is 11.2. The van der Waals surface area contributed by atoms with Gasteiger partial charge in [-0.05, 0) is 63.5 Å². The minimum Gasteiger partial charge on any atom is -0.491 e. The molecule has 134 valence electrons. The molecular weight excluding hydrogens is 312 g/mol. The zero-order valence-electron chi connectivity index (χ0n) is 15.7. The maximum Gasteiger partial charge on any atom is 0.157 e. The molecule has 3 heteroatoms. The summed E-state index contributed by atoms with van der Waals surface area (Å²) in [6.07, 6.45) is 11.8. The van der Waals surface area contributed by atoms with Crippen LogP contribution >= 0.6 is 0 Å². The van der Waals surface area contributed by atoms with E-state index in [-0.39, 0.29) is 24.0 Å². The van der Waals surface area contributed by atoms with Crippen LogP contribution in [0, 0.1) is 24.2 Å². The van der Waals surface area contributed by atoms with Crippen LogP contribution in [0.25, 0.3) is 0 Å². The molecule has 0 aliphatic heterocycles. The first-order valence-electron chi connectivity index (χ1n) is 8.80. The first-order chi connectivity index (χ1) is 11.8. The summed E-state index contributed by atoms with van der Waals surface area (Å²) < 4.78 is 11.4. The van der Waals surface area contributed by atoms with Gasteiger partial charge in [0.25, 0.3) is 0 Å². The number of hydrogen-bond donors (Lipinski definition) is 1. The minimum atomic E-state index is -1.38. The topological polar surface area (TPSA) is 38.7 Å². The number of allylic oxidation sites excluding steroid dienone is 2. The average Bonchev–Trinajstić information content (AvgIpc) is 2.54. The van der Waals surface area contributed by atoms with E-state index in [9.17, 15) is 5.11 Å². The molecule has 25 heavy (non-hydrogen) atoms. The van der Waals surface area contributed by atoms with Crippen molar-refractivity contribution >= 4 is 0 Å². The van der Waals surface area contributed by atoms with Crippen molar-refractivity contribution in [3.63, 3.8) is 0 Å². The number of rotatable bonds is 6. The van der Waals surface area contributed by atoms with Gasteiger partial charge in [-0.1, -0.05) is 31.1 Å². The fourth-order valence-electron chi connectivity index (χ4n) is 3.09. The highest BCUT2D eigenvalue weighted by atomic mass is 16.5. The molecule has 0 aromatic heterocycles. The largest absolute Gasteiger partial charge is 0.491 e. The van der Waals surface area contributed by atoms with Gasteiger partial charge in [-0.25, -0.2) is 0 Å². The average molecular weight is 340 g/mol. The molecule has 2 rings (SSSR count). The molecule has 1 aromatic rings. The second-order valence-corrected chi connectivity index (χ2v) is 7.08. The zero-order valence-corrected chi connectivity index (χ0v) is 15.7. The fraction of sp³-hybridized carbons (Fsp3) is 0.455. The van der Waals surface area contributed by atoms with Crippen LogP contribution in [0.2, 0.25) is 0 Å². The molecule has 0 saturated carbocycles. The summed E-state index contributed by atoms with van der Waals surface area (Å²) in [5.74, 6) is 4.00. The Balaban J connectivity index is 2.25. The Bertz CT molecular complexity index is 676. The lowest BCUT2D eigenvalue weighted by Crippen LogP contribution is -2.37. The number of terminal acetylenes is 1.